The van der Waals surface area contributed by atoms with Gasteiger partial charge in [-0.25, -0.2) is 13.8 Å². The van der Waals surface area contributed by atoms with Crippen molar-refractivity contribution in [3.05, 3.63) is 69.7 Å². The standard InChI is InChI=1S/C24H21F2NO6S/c1-31-21-5-3-4-17(26)24(21)33-20-8-6-15(25)10-14(20)11-16(28)12-22-27-18(13-34-22)19(29)7-9-23(30)32-2/h3-6,8,10,13H,7,9,11-12H2,1-2H3. The number of thiazole rings is 1. The molecule has 0 aliphatic rings. The molecule has 3 aromatic rings. The lowest BCUT2D eigenvalue weighted by Gasteiger charge is -2.14. The first kappa shape index (κ1) is 25.0. The lowest BCUT2D eigenvalue weighted by atomic mass is 10.1. The quantitative estimate of drug-likeness (QED) is 0.284. The predicted octanol–water partition coefficient (Wildman–Crippen LogP) is 4.71. The molecule has 0 saturated carbocycles. The molecule has 10 heteroatoms. The van der Waals surface area contributed by atoms with Crippen LogP contribution in [0.1, 0.15) is 33.9 Å². The number of esters is 1. The molecule has 0 aliphatic carbocycles. The van der Waals surface area contributed by atoms with Gasteiger partial charge in [0, 0.05) is 23.8 Å². The van der Waals surface area contributed by atoms with Gasteiger partial charge in [-0.2, -0.15) is 0 Å². The third kappa shape index (κ3) is 6.44. The molecular weight excluding hydrogens is 468 g/mol. The van der Waals surface area contributed by atoms with E-state index in [-0.39, 0.29) is 65.8 Å². The van der Waals surface area contributed by atoms with E-state index in [9.17, 15) is 23.2 Å². The van der Waals surface area contributed by atoms with Crippen molar-refractivity contribution >= 4 is 28.9 Å². The van der Waals surface area contributed by atoms with Crippen molar-refractivity contribution in [2.45, 2.75) is 25.7 Å². The van der Waals surface area contributed by atoms with E-state index in [0.29, 0.717) is 5.01 Å². The number of para-hydroxylation sites is 1. The Labute approximate surface area is 198 Å². The third-order valence-electron chi connectivity index (χ3n) is 4.74. The monoisotopic (exact) mass is 489 g/mol. The Morgan fingerprint density at radius 1 is 1.00 bits per heavy atom. The van der Waals surface area contributed by atoms with Gasteiger partial charge in [-0.05, 0) is 30.3 Å². The van der Waals surface area contributed by atoms with Crippen LogP contribution < -0.4 is 9.47 Å². The number of aromatic nitrogens is 1. The topological polar surface area (TPSA) is 91.8 Å². The molecule has 0 aliphatic heterocycles. The third-order valence-corrected chi connectivity index (χ3v) is 5.59. The van der Waals surface area contributed by atoms with Gasteiger partial charge < -0.3 is 14.2 Å². The summed E-state index contributed by atoms with van der Waals surface area (Å²) < 4.78 is 43.4. The van der Waals surface area contributed by atoms with E-state index >= 15 is 0 Å². The van der Waals surface area contributed by atoms with E-state index in [0.717, 1.165) is 23.5 Å². The number of benzene rings is 2. The van der Waals surface area contributed by atoms with Gasteiger partial charge in [0.1, 0.15) is 28.1 Å². The molecule has 0 atom stereocenters. The molecule has 7 nitrogen and oxygen atoms in total. The average Bonchev–Trinajstić information content (AvgIpc) is 3.28. The largest absolute Gasteiger partial charge is 0.493 e. The Morgan fingerprint density at radius 3 is 2.53 bits per heavy atom. The molecule has 0 bridgehead atoms. The van der Waals surface area contributed by atoms with E-state index < -0.39 is 17.6 Å². The highest BCUT2D eigenvalue weighted by Crippen LogP contribution is 2.35. The van der Waals surface area contributed by atoms with Gasteiger partial charge in [0.05, 0.1) is 27.1 Å². The molecule has 178 valence electrons. The van der Waals surface area contributed by atoms with Crippen molar-refractivity contribution in [1.29, 1.82) is 0 Å². The van der Waals surface area contributed by atoms with E-state index in [1.54, 1.807) is 0 Å². The van der Waals surface area contributed by atoms with Crippen LogP contribution >= 0.6 is 11.3 Å². The fourth-order valence-electron chi connectivity index (χ4n) is 3.05. The van der Waals surface area contributed by atoms with Crippen molar-refractivity contribution in [1.82, 2.24) is 4.98 Å². The lowest BCUT2D eigenvalue weighted by molar-refractivity contribution is -0.140. The van der Waals surface area contributed by atoms with Crippen molar-refractivity contribution in [3.63, 3.8) is 0 Å². The number of Topliss-reactive ketones (excluding diaryl/α,β-unsaturated/α-hetero) is 2. The van der Waals surface area contributed by atoms with E-state index in [4.69, 9.17) is 9.47 Å². The minimum Gasteiger partial charge on any atom is -0.493 e. The summed E-state index contributed by atoms with van der Waals surface area (Å²) in [6.45, 7) is 0. The maximum absolute atomic E-state index is 14.3. The maximum atomic E-state index is 14.3. The van der Waals surface area contributed by atoms with Crippen LogP contribution in [0.4, 0.5) is 8.78 Å². The van der Waals surface area contributed by atoms with Gasteiger partial charge in [0.25, 0.3) is 0 Å². The number of methoxy groups -OCH3 is 2. The lowest BCUT2D eigenvalue weighted by Crippen LogP contribution is -2.09. The summed E-state index contributed by atoms with van der Waals surface area (Å²) in [6, 6.07) is 7.76. The average molecular weight is 489 g/mol. The van der Waals surface area contributed by atoms with Crippen LogP contribution in [0.5, 0.6) is 17.2 Å². The molecule has 0 amide bonds. The number of ether oxygens (including phenoxy) is 3. The Morgan fingerprint density at radius 2 is 1.79 bits per heavy atom. The Balaban J connectivity index is 1.70. The molecule has 0 unspecified atom stereocenters. The van der Waals surface area contributed by atoms with Crippen LogP contribution in [0, 0.1) is 11.6 Å². The molecule has 34 heavy (non-hydrogen) atoms. The Bertz CT molecular complexity index is 1210. The molecule has 1 aromatic heterocycles. The van der Waals surface area contributed by atoms with Crippen LogP contribution in [-0.4, -0.2) is 36.7 Å². The van der Waals surface area contributed by atoms with Crippen LogP contribution in [-0.2, 0) is 27.2 Å². The Hall–Kier alpha value is -3.66. The van der Waals surface area contributed by atoms with E-state index in [2.05, 4.69) is 9.72 Å². The van der Waals surface area contributed by atoms with Gasteiger partial charge in [-0.3, -0.25) is 14.4 Å². The van der Waals surface area contributed by atoms with Gasteiger partial charge in [-0.15, -0.1) is 11.3 Å². The summed E-state index contributed by atoms with van der Waals surface area (Å²) in [5.74, 6) is -2.32. The number of hydrogen-bond acceptors (Lipinski definition) is 8. The second-order valence-corrected chi connectivity index (χ2v) is 8.09. The van der Waals surface area contributed by atoms with Crippen LogP contribution in [0.15, 0.2) is 41.8 Å². The fourth-order valence-corrected chi connectivity index (χ4v) is 3.88. The number of rotatable bonds is 11. The van der Waals surface area contributed by atoms with Crippen molar-refractivity contribution in [2.75, 3.05) is 14.2 Å². The minimum atomic E-state index is -0.673. The second-order valence-electron chi connectivity index (χ2n) is 7.14. The van der Waals surface area contributed by atoms with Gasteiger partial charge in [0.2, 0.25) is 5.75 Å². The number of hydrogen-bond donors (Lipinski definition) is 0. The smallest absolute Gasteiger partial charge is 0.305 e. The molecule has 0 N–H and O–H groups in total. The normalized spacial score (nSPS) is 10.6. The highest BCUT2D eigenvalue weighted by Gasteiger charge is 2.18. The maximum Gasteiger partial charge on any atom is 0.305 e. The first-order valence-corrected chi connectivity index (χ1v) is 11.0. The SMILES string of the molecule is COC(=O)CCC(=O)c1csc(CC(=O)Cc2cc(F)ccc2Oc2c(F)cccc2OC)n1. The molecule has 0 radical (unpaired) electrons. The number of carbonyl (C=O) groups excluding carboxylic acids is 3. The van der Waals surface area contributed by atoms with Crippen molar-refractivity contribution in [2.24, 2.45) is 0 Å². The highest BCUT2D eigenvalue weighted by atomic mass is 32.1. The molecule has 1 heterocycles. The summed E-state index contributed by atoms with van der Waals surface area (Å²) in [7, 11) is 2.60. The zero-order valence-corrected chi connectivity index (χ0v) is 19.2. The molecule has 0 fully saturated rings. The van der Waals surface area contributed by atoms with Crippen LogP contribution in [0.25, 0.3) is 0 Å². The molecule has 3 rings (SSSR count). The highest BCUT2D eigenvalue weighted by molar-refractivity contribution is 7.09. The first-order valence-electron chi connectivity index (χ1n) is 10.2. The zero-order chi connectivity index (χ0) is 24.7. The second kappa shape index (κ2) is 11.5. The number of carbonyl (C=O) groups is 3. The number of nitrogens with zero attached hydrogens (tertiary/aromatic N) is 1. The van der Waals surface area contributed by atoms with E-state index in [1.165, 1.54) is 43.9 Å². The number of ketones is 2. The summed E-state index contributed by atoms with van der Waals surface area (Å²) in [6.07, 6.45) is -0.396. The zero-order valence-electron chi connectivity index (χ0n) is 18.4. The summed E-state index contributed by atoms with van der Waals surface area (Å²) in [5, 5.41) is 1.92. The van der Waals surface area contributed by atoms with E-state index in [1.807, 2.05) is 0 Å². The summed E-state index contributed by atoms with van der Waals surface area (Å²) >= 11 is 1.13. The molecular formula is C24H21F2NO6S. The minimum absolute atomic E-state index is 0.0483. The Kier molecular flexibility index (Phi) is 8.42. The molecule has 0 spiro atoms. The van der Waals surface area contributed by atoms with Crippen LogP contribution in [0.3, 0.4) is 0 Å². The van der Waals surface area contributed by atoms with Crippen molar-refractivity contribution in [3.8, 4) is 17.2 Å². The first-order chi connectivity index (χ1) is 16.3. The van der Waals surface area contributed by atoms with Gasteiger partial charge >= 0.3 is 5.97 Å². The summed E-state index contributed by atoms with van der Waals surface area (Å²) in [5.41, 5.74) is 0.388. The predicted molar refractivity (Wildman–Crippen MR) is 120 cm³/mol. The van der Waals surface area contributed by atoms with Gasteiger partial charge in [0.15, 0.2) is 17.3 Å². The molecule has 2 aromatic carbocycles. The van der Waals surface area contributed by atoms with Gasteiger partial charge in [-0.1, -0.05) is 6.07 Å². The molecule has 0 saturated heterocycles. The summed E-state index contributed by atoms with van der Waals surface area (Å²) in [4.78, 5) is 40.2. The fraction of sp³-hybridized carbons (Fsp3) is 0.250. The van der Waals surface area contributed by atoms with Crippen molar-refractivity contribution < 1.29 is 37.4 Å². The number of halogens is 2. The van der Waals surface area contributed by atoms with Crippen LogP contribution in [0.2, 0.25) is 0 Å².